The van der Waals surface area contributed by atoms with Gasteiger partial charge in [-0.15, -0.1) is 11.6 Å². The van der Waals surface area contributed by atoms with Crippen molar-refractivity contribution in [3.8, 4) is 0 Å². The van der Waals surface area contributed by atoms with Crippen LogP contribution in [-0.4, -0.2) is 53.5 Å². The first-order chi connectivity index (χ1) is 7.67. The van der Waals surface area contributed by atoms with Gasteiger partial charge in [0, 0.05) is 0 Å². The minimum Gasteiger partial charge on any atom is -0.668 e. The van der Waals surface area contributed by atoms with Gasteiger partial charge >= 0.3 is 26.2 Å². The van der Waals surface area contributed by atoms with Crippen molar-refractivity contribution in [2.24, 2.45) is 0 Å². The monoisotopic (exact) mass is 355 g/mol. The average Bonchev–Trinajstić information content (AvgIpc) is 2.63. The third-order valence-electron chi connectivity index (χ3n) is 1.79. The largest absolute Gasteiger partial charge is 4.00 e. The van der Waals surface area contributed by atoms with Gasteiger partial charge in [0.05, 0.1) is 11.5 Å². The van der Waals surface area contributed by atoms with Gasteiger partial charge in [-0.3, -0.25) is 0 Å². The molecule has 0 aromatic rings. The molecule has 0 aliphatic heterocycles. The molecule has 0 N–H and O–H groups in total. The topological polar surface area (TPSA) is 51.5 Å². The van der Waals surface area contributed by atoms with Crippen molar-refractivity contribution >= 4 is 11.6 Å². The maximum absolute atomic E-state index is 5.95. The third kappa shape index (κ3) is 19.4. The van der Waals surface area contributed by atoms with Crippen LogP contribution in [0.25, 0.3) is 16.0 Å². The first kappa shape index (κ1) is 27.4. The van der Waals surface area contributed by atoms with Gasteiger partial charge in [0.2, 0.25) is 0 Å². The minimum atomic E-state index is 0. The van der Waals surface area contributed by atoms with Gasteiger partial charge < -0.3 is 28.1 Å². The Labute approximate surface area is 138 Å². The number of nitrogens with zero attached hydrogens (tertiary/aromatic N) is 3. The van der Waals surface area contributed by atoms with Crippen LogP contribution in [0.4, 0.5) is 0 Å². The Morgan fingerprint density at radius 1 is 1.06 bits per heavy atom. The molecule has 0 saturated heterocycles. The van der Waals surface area contributed by atoms with E-state index in [4.69, 9.17) is 16.3 Å². The summed E-state index contributed by atoms with van der Waals surface area (Å²) in [7, 11) is 8.75. The number of alkyl halides is 1. The molecule has 0 spiro atoms. The van der Waals surface area contributed by atoms with Crippen LogP contribution in [0.15, 0.2) is 0 Å². The summed E-state index contributed by atoms with van der Waals surface area (Å²) in [4.78, 5) is 0. The SMILES string of the molecule is C[N-]C.C[N-]C.C[N-]COC1CCCC1Cl.[CH3-].[Zr+4]. The summed E-state index contributed by atoms with van der Waals surface area (Å²) in [6.07, 6.45) is 3.65. The van der Waals surface area contributed by atoms with Crippen LogP contribution in [-0.2, 0) is 30.9 Å². The molecule has 18 heavy (non-hydrogen) atoms. The Morgan fingerprint density at radius 3 is 1.78 bits per heavy atom. The Kier molecular flexibility index (Phi) is 35.2. The number of hydrogen-bond acceptors (Lipinski definition) is 1. The van der Waals surface area contributed by atoms with E-state index in [0.29, 0.717) is 6.73 Å². The zero-order valence-electron chi connectivity index (χ0n) is 12.6. The van der Waals surface area contributed by atoms with Gasteiger partial charge in [0.1, 0.15) is 0 Å². The maximum atomic E-state index is 5.95. The molecule has 4 nitrogen and oxygen atoms in total. The zero-order valence-corrected chi connectivity index (χ0v) is 15.8. The van der Waals surface area contributed by atoms with E-state index in [1.165, 1.54) is 6.42 Å². The number of ether oxygens (including phenoxy) is 1. The van der Waals surface area contributed by atoms with E-state index in [1.54, 1.807) is 35.2 Å². The number of halogens is 1. The van der Waals surface area contributed by atoms with Crippen LogP contribution in [0, 0.1) is 7.43 Å². The summed E-state index contributed by atoms with van der Waals surface area (Å²) in [5, 5.41) is 11.1. The second-order valence-corrected chi connectivity index (χ2v) is 4.05. The molecule has 1 fully saturated rings. The van der Waals surface area contributed by atoms with Gasteiger partial charge in [-0.25, -0.2) is 0 Å². The summed E-state index contributed by atoms with van der Waals surface area (Å²) in [6.45, 7) is 0.494. The van der Waals surface area contributed by atoms with E-state index >= 15 is 0 Å². The number of rotatable bonds is 3. The fraction of sp³-hybridized carbons (Fsp3) is 0.917. The van der Waals surface area contributed by atoms with Crippen LogP contribution < -0.4 is 0 Å². The van der Waals surface area contributed by atoms with E-state index in [-0.39, 0.29) is 45.1 Å². The van der Waals surface area contributed by atoms with Crippen LogP contribution in [0.3, 0.4) is 0 Å². The second-order valence-electron chi connectivity index (χ2n) is 3.49. The van der Waals surface area contributed by atoms with Gasteiger partial charge in [-0.1, -0.05) is 0 Å². The average molecular weight is 357 g/mol. The normalized spacial score (nSPS) is 20.3. The van der Waals surface area contributed by atoms with E-state index in [0.717, 1.165) is 12.8 Å². The summed E-state index contributed by atoms with van der Waals surface area (Å²) < 4.78 is 5.37. The molecule has 0 amide bonds. The van der Waals surface area contributed by atoms with Crippen molar-refractivity contribution in [2.45, 2.75) is 30.7 Å². The van der Waals surface area contributed by atoms with E-state index in [9.17, 15) is 0 Å². The molecular weight excluding hydrogens is 329 g/mol. The number of hydrogen-bond donors (Lipinski definition) is 0. The standard InChI is InChI=1S/C7H13ClNO.2C2H6N.CH3.Zr/c1-9-5-10-7-4-2-3-6(7)8;2*1-3-2;;/h6-7H,2-5H2,1H3;2*1-2H3;1H3;/q4*-1;+4. The van der Waals surface area contributed by atoms with Crippen molar-refractivity contribution in [3.63, 3.8) is 0 Å². The third-order valence-corrected chi connectivity index (χ3v) is 2.29. The fourth-order valence-corrected chi connectivity index (χ4v) is 1.59. The van der Waals surface area contributed by atoms with Crippen LogP contribution in [0.1, 0.15) is 19.3 Å². The van der Waals surface area contributed by atoms with Gasteiger partial charge in [-0.2, -0.15) is 35.2 Å². The molecule has 2 atom stereocenters. The summed E-state index contributed by atoms with van der Waals surface area (Å²) >= 11 is 5.95. The Hall–Kier alpha value is 1.01. The van der Waals surface area contributed by atoms with E-state index in [2.05, 4.69) is 16.0 Å². The molecule has 0 radical (unpaired) electrons. The van der Waals surface area contributed by atoms with Gasteiger partial charge in [0.15, 0.2) is 0 Å². The molecular formula is C12H28ClN3OZr. The molecule has 0 aromatic heterocycles. The summed E-state index contributed by atoms with van der Waals surface area (Å²) in [5.74, 6) is 0. The molecule has 6 heteroatoms. The van der Waals surface area contributed by atoms with Gasteiger partial charge in [-0.05, 0) is 26.0 Å². The second kappa shape index (κ2) is 23.1. The molecule has 0 aromatic carbocycles. The van der Waals surface area contributed by atoms with Crippen molar-refractivity contribution in [1.82, 2.24) is 0 Å². The van der Waals surface area contributed by atoms with Crippen LogP contribution >= 0.6 is 11.6 Å². The Balaban J connectivity index is -0.000000106. The van der Waals surface area contributed by atoms with E-state index in [1.807, 2.05) is 0 Å². The quantitative estimate of drug-likeness (QED) is 0.560. The van der Waals surface area contributed by atoms with Crippen molar-refractivity contribution in [2.75, 3.05) is 42.0 Å². The predicted octanol–water partition coefficient (Wildman–Crippen LogP) is 3.81. The van der Waals surface area contributed by atoms with Crippen molar-refractivity contribution in [3.05, 3.63) is 23.4 Å². The molecule has 0 bridgehead atoms. The minimum absolute atomic E-state index is 0. The maximum Gasteiger partial charge on any atom is 4.00 e. The van der Waals surface area contributed by atoms with Crippen LogP contribution in [0.5, 0.6) is 0 Å². The summed E-state index contributed by atoms with van der Waals surface area (Å²) in [6, 6.07) is 0. The molecule has 108 valence electrons. The molecule has 1 rings (SSSR count). The van der Waals surface area contributed by atoms with E-state index < -0.39 is 0 Å². The molecule has 1 saturated carbocycles. The molecule has 0 heterocycles. The molecule has 2 unspecified atom stereocenters. The molecule has 1 aliphatic rings. The molecule has 1 aliphatic carbocycles. The predicted molar refractivity (Wildman–Crippen MR) is 79.3 cm³/mol. The first-order valence-corrected chi connectivity index (χ1v) is 5.88. The Bertz CT molecular complexity index is 132. The van der Waals surface area contributed by atoms with Crippen molar-refractivity contribution < 1.29 is 30.9 Å². The van der Waals surface area contributed by atoms with Gasteiger partial charge in [0.25, 0.3) is 0 Å². The van der Waals surface area contributed by atoms with Crippen LogP contribution in [0.2, 0.25) is 0 Å². The Morgan fingerprint density at radius 2 is 1.50 bits per heavy atom. The first-order valence-electron chi connectivity index (χ1n) is 5.44. The van der Waals surface area contributed by atoms with Crippen molar-refractivity contribution in [1.29, 1.82) is 0 Å². The summed E-state index contributed by atoms with van der Waals surface area (Å²) in [5.41, 5.74) is 0. The zero-order chi connectivity index (χ0) is 12.8. The fourth-order valence-electron chi connectivity index (χ4n) is 1.24. The smallest absolute Gasteiger partial charge is 0.668 e.